The van der Waals surface area contributed by atoms with Gasteiger partial charge in [0.2, 0.25) is 0 Å². The highest BCUT2D eigenvalue weighted by molar-refractivity contribution is 5.95. The van der Waals surface area contributed by atoms with Crippen LogP contribution in [0, 0.1) is 10.1 Å². The van der Waals surface area contributed by atoms with E-state index < -0.39 is 22.7 Å². The summed E-state index contributed by atoms with van der Waals surface area (Å²) in [6.45, 7) is 0. The second kappa shape index (κ2) is 4.90. The zero-order valence-electron chi connectivity index (χ0n) is 8.95. The molecule has 1 aromatic rings. The summed E-state index contributed by atoms with van der Waals surface area (Å²) in [5.41, 5.74) is -0.887. The molecular weight excluding hydrogens is 257 g/mol. The van der Waals surface area contributed by atoms with E-state index in [-0.39, 0.29) is 11.4 Å². The van der Waals surface area contributed by atoms with Gasteiger partial charge in [0.1, 0.15) is 0 Å². The molecule has 0 bridgehead atoms. The summed E-state index contributed by atoms with van der Waals surface area (Å²) in [5, 5.41) is 12.1. The Kier molecular flexibility index (Phi) is 3.74. The maximum absolute atomic E-state index is 12.0. The number of alkyl halides is 3. The highest BCUT2D eigenvalue weighted by atomic mass is 19.4. The number of nitro groups is 1. The molecule has 18 heavy (non-hydrogen) atoms. The van der Waals surface area contributed by atoms with Crippen molar-refractivity contribution in [2.24, 2.45) is 0 Å². The lowest BCUT2D eigenvalue weighted by Gasteiger charge is -2.08. The molecule has 9 heteroatoms. The third-order valence-corrected chi connectivity index (χ3v) is 1.89. The number of hydrogen-bond acceptors (Lipinski definition) is 4. The molecular formula is C9H7F3N2O4. The fourth-order valence-electron chi connectivity index (χ4n) is 1.11. The van der Waals surface area contributed by atoms with Crippen molar-refractivity contribution in [2.75, 3.05) is 12.4 Å². The minimum atomic E-state index is -5.06. The fourth-order valence-corrected chi connectivity index (χ4v) is 1.11. The second-order valence-electron chi connectivity index (χ2n) is 3.10. The van der Waals surface area contributed by atoms with E-state index in [9.17, 15) is 28.1 Å². The first-order valence-corrected chi connectivity index (χ1v) is 4.46. The van der Waals surface area contributed by atoms with Crippen LogP contribution in [0.2, 0.25) is 0 Å². The molecule has 0 fully saturated rings. The average Bonchev–Trinajstić information content (AvgIpc) is 2.27. The van der Waals surface area contributed by atoms with Crippen molar-refractivity contribution in [3.8, 4) is 5.75 Å². The van der Waals surface area contributed by atoms with E-state index in [1.54, 1.807) is 0 Å². The lowest BCUT2D eigenvalue weighted by molar-refractivity contribution is -0.385. The molecule has 0 unspecified atom stereocenters. The quantitative estimate of drug-likeness (QED) is 0.669. The summed E-state index contributed by atoms with van der Waals surface area (Å²) in [6.07, 6.45) is -5.06. The minimum Gasteiger partial charge on any atom is -0.490 e. The third kappa shape index (κ3) is 3.09. The van der Waals surface area contributed by atoms with Gasteiger partial charge in [-0.1, -0.05) is 0 Å². The molecule has 1 aromatic carbocycles. The smallest absolute Gasteiger partial charge is 0.471 e. The Morgan fingerprint density at radius 2 is 2.06 bits per heavy atom. The van der Waals surface area contributed by atoms with Gasteiger partial charge in [0.15, 0.2) is 5.75 Å². The number of nitro benzene ring substituents is 1. The van der Waals surface area contributed by atoms with Gasteiger partial charge in [0.25, 0.3) is 0 Å². The average molecular weight is 264 g/mol. The van der Waals surface area contributed by atoms with Gasteiger partial charge in [0, 0.05) is 11.8 Å². The molecule has 1 N–H and O–H groups in total. The standard InChI is InChI=1S/C9H7F3N2O4/c1-18-7-3-2-5(4-6(7)14(16)17)13-8(15)9(10,11)12/h2-4H,1H3,(H,13,15). The maximum Gasteiger partial charge on any atom is 0.471 e. The van der Waals surface area contributed by atoms with Crippen LogP contribution in [0.25, 0.3) is 0 Å². The Morgan fingerprint density at radius 1 is 1.44 bits per heavy atom. The van der Waals surface area contributed by atoms with Crippen molar-refractivity contribution in [3.63, 3.8) is 0 Å². The lowest BCUT2D eigenvalue weighted by atomic mass is 10.2. The second-order valence-corrected chi connectivity index (χ2v) is 3.10. The Bertz CT molecular complexity index is 487. The van der Waals surface area contributed by atoms with Crippen LogP contribution >= 0.6 is 0 Å². The Morgan fingerprint density at radius 3 is 2.50 bits per heavy atom. The van der Waals surface area contributed by atoms with Crippen molar-refractivity contribution in [3.05, 3.63) is 28.3 Å². The number of ether oxygens (including phenoxy) is 1. The van der Waals surface area contributed by atoms with Gasteiger partial charge in [-0.15, -0.1) is 0 Å². The molecule has 0 saturated heterocycles. The summed E-state index contributed by atoms with van der Waals surface area (Å²) in [6, 6.07) is 2.93. The fraction of sp³-hybridized carbons (Fsp3) is 0.222. The zero-order chi connectivity index (χ0) is 13.9. The number of carbonyl (C=O) groups is 1. The van der Waals surface area contributed by atoms with E-state index in [1.165, 1.54) is 12.4 Å². The van der Waals surface area contributed by atoms with Crippen molar-refractivity contribution >= 4 is 17.3 Å². The summed E-state index contributed by atoms with van der Waals surface area (Å²) < 4.78 is 40.6. The first-order chi connectivity index (χ1) is 8.25. The monoisotopic (exact) mass is 264 g/mol. The predicted octanol–water partition coefficient (Wildman–Crippen LogP) is 2.10. The van der Waals surface area contributed by atoms with Crippen molar-refractivity contribution < 1.29 is 27.6 Å². The number of benzene rings is 1. The molecule has 0 aromatic heterocycles. The maximum atomic E-state index is 12.0. The van der Waals surface area contributed by atoms with Gasteiger partial charge in [-0.2, -0.15) is 13.2 Å². The summed E-state index contributed by atoms with van der Waals surface area (Å²) >= 11 is 0. The van der Waals surface area contributed by atoms with Crippen LogP contribution in [-0.2, 0) is 4.79 Å². The van der Waals surface area contributed by atoms with Gasteiger partial charge >= 0.3 is 17.8 Å². The molecule has 0 saturated carbocycles. The molecule has 1 rings (SSSR count). The van der Waals surface area contributed by atoms with E-state index in [0.717, 1.165) is 18.2 Å². The Labute approximate surface area is 98.5 Å². The van der Waals surface area contributed by atoms with Crippen LogP contribution < -0.4 is 10.1 Å². The van der Waals surface area contributed by atoms with Crippen LogP contribution in [-0.4, -0.2) is 24.1 Å². The van der Waals surface area contributed by atoms with Crippen LogP contribution in [0.1, 0.15) is 0 Å². The van der Waals surface area contributed by atoms with Crippen LogP contribution in [0.3, 0.4) is 0 Å². The normalized spacial score (nSPS) is 10.9. The van der Waals surface area contributed by atoms with Crippen molar-refractivity contribution in [1.29, 1.82) is 0 Å². The number of nitrogens with zero attached hydrogens (tertiary/aromatic N) is 1. The Balaban J connectivity index is 3.03. The molecule has 6 nitrogen and oxygen atoms in total. The summed E-state index contributed by atoms with van der Waals surface area (Å²) in [7, 11) is 1.18. The Hall–Kier alpha value is -2.32. The lowest BCUT2D eigenvalue weighted by Crippen LogP contribution is -2.29. The molecule has 98 valence electrons. The van der Waals surface area contributed by atoms with E-state index in [2.05, 4.69) is 4.74 Å². The molecule has 0 spiro atoms. The summed E-state index contributed by atoms with van der Waals surface area (Å²) in [4.78, 5) is 20.4. The minimum absolute atomic E-state index is 0.120. The van der Waals surface area contributed by atoms with Crippen LogP contribution in [0.5, 0.6) is 5.75 Å². The molecule has 0 radical (unpaired) electrons. The van der Waals surface area contributed by atoms with Gasteiger partial charge in [-0.25, -0.2) is 0 Å². The van der Waals surface area contributed by atoms with E-state index >= 15 is 0 Å². The van der Waals surface area contributed by atoms with E-state index in [4.69, 9.17) is 0 Å². The number of anilines is 1. The molecule has 1 amide bonds. The van der Waals surface area contributed by atoms with E-state index in [1.807, 2.05) is 0 Å². The summed E-state index contributed by atoms with van der Waals surface area (Å²) in [5.74, 6) is -2.33. The van der Waals surface area contributed by atoms with Crippen LogP contribution in [0.4, 0.5) is 24.5 Å². The van der Waals surface area contributed by atoms with Gasteiger partial charge in [-0.3, -0.25) is 14.9 Å². The number of nitrogens with one attached hydrogen (secondary N) is 1. The molecule has 0 atom stereocenters. The highest BCUT2D eigenvalue weighted by Gasteiger charge is 2.38. The highest BCUT2D eigenvalue weighted by Crippen LogP contribution is 2.30. The zero-order valence-corrected chi connectivity index (χ0v) is 8.95. The number of hydrogen-bond donors (Lipinski definition) is 1. The number of halogens is 3. The predicted molar refractivity (Wildman–Crippen MR) is 54.3 cm³/mol. The molecule has 0 aliphatic rings. The topological polar surface area (TPSA) is 81.5 Å². The molecule has 0 heterocycles. The van der Waals surface area contributed by atoms with Crippen molar-refractivity contribution in [1.82, 2.24) is 0 Å². The van der Waals surface area contributed by atoms with E-state index in [0.29, 0.717) is 0 Å². The number of methoxy groups -OCH3 is 1. The largest absolute Gasteiger partial charge is 0.490 e. The third-order valence-electron chi connectivity index (χ3n) is 1.89. The number of rotatable bonds is 3. The first kappa shape index (κ1) is 13.7. The van der Waals surface area contributed by atoms with Gasteiger partial charge in [0.05, 0.1) is 12.0 Å². The van der Waals surface area contributed by atoms with Gasteiger partial charge < -0.3 is 10.1 Å². The van der Waals surface area contributed by atoms with Gasteiger partial charge in [-0.05, 0) is 12.1 Å². The number of carbonyl (C=O) groups excluding carboxylic acids is 1. The number of amides is 1. The first-order valence-electron chi connectivity index (χ1n) is 4.46. The van der Waals surface area contributed by atoms with Crippen molar-refractivity contribution in [2.45, 2.75) is 6.18 Å². The van der Waals surface area contributed by atoms with Crippen LogP contribution in [0.15, 0.2) is 18.2 Å². The SMILES string of the molecule is COc1ccc(NC(=O)C(F)(F)F)cc1[N+](=O)[O-]. The molecule has 0 aliphatic carbocycles. The molecule has 0 aliphatic heterocycles.